The van der Waals surface area contributed by atoms with Crippen LogP contribution in [0.15, 0.2) is 33.7 Å². The van der Waals surface area contributed by atoms with E-state index < -0.39 is 0 Å². The molecule has 2 atom stereocenters. The molecule has 0 bridgehead atoms. The molecule has 1 N–H and O–H groups in total. The lowest BCUT2D eigenvalue weighted by molar-refractivity contribution is 0.465. The highest BCUT2D eigenvalue weighted by atomic mass is 79.9. The van der Waals surface area contributed by atoms with E-state index in [4.69, 9.17) is 0 Å². The Balaban J connectivity index is 2.27. The molecule has 3 nitrogen and oxygen atoms in total. The second-order valence-corrected chi connectivity index (χ2v) is 4.89. The zero-order valence-corrected chi connectivity index (χ0v) is 10.4. The number of nitrogens with one attached hydrogen (secondary N) is 1. The third-order valence-corrected chi connectivity index (χ3v) is 3.42. The van der Waals surface area contributed by atoms with Crippen LogP contribution in [-0.4, -0.2) is 19.2 Å². The topological polar surface area (TPSA) is 41.5 Å². The fourth-order valence-corrected chi connectivity index (χ4v) is 2.56. The second-order valence-electron chi connectivity index (χ2n) is 3.97. The first-order valence-corrected chi connectivity index (χ1v) is 6.13. The Labute approximate surface area is 103 Å². The average Bonchev–Trinajstić information content (AvgIpc) is 2.79. The lowest BCUT2D eigenvalue weighted by Crippen LogP contribution is -2.15. The minimum Gasteiger partial charge on any atom is -0.316 e. The minimum atomic E-state index is -0.0648. The highest BCUT2D eigenvalue weighted by molar-refractivity contribution is 9.10. The molecule has 0 saturated carbocycles. The molecule has 1 saturated heterocycles. The largest absolute Gasteiger partial charge is 0.316 e. The maximum atomic E-state index is 10.5. The summed E-state index contributed by atoms with van der Waals surface area (Å²) < 4.78 is 1.02. The maximum absolute atomic E-state index is 10.5. The van der Waals surface area contributed by atoms with Crippen molar-refractivity contribution in [3.8, 4) is 0 Å². The van der Waals surface area contributed by atoms with Gasteiger partial charge in [0, 0.05) is 11.0 Å². The lowest BCUT2D eigenvalue weighted by Gasteiger charge is -2.17. The summed E-state index contributed by atoms with van der Waals surface area (Å²) in [7, 11) is 0. The van der Waals surface area contributed by atoms with Gasteiger partial charge in [0.1, 0.15) is 0 Å². The molecule has 2 unspecified atom stereocenters. The molecular weight excluding hydrogens is 268 g/mol. The van der Waals surface area contributed by atoms with Crippen LogP contribution in [0.5, 0.6) is 0 Å². The highest BCUT2D eigenvalue weighted by Gasteiger charge is 2.25. The van der Waals surface area contributed by atoms with Crippen LogP contribution in [0, 0.1) is 5.92 Å². The number of benzene rings is 1. The molecule has 1 aliphatic heterocycles. The Morgan fingerprint density at radius 2 is 2.44 bits per heavy atom. The summed E-state index contributed by atoms with van der Waals surface area (Å²) in [5, 5.41) is 3.29. The second kappa shape index (κ2) is 5.39. The number of nitrogens with zero attached hydrogens (tertiary/aromatic N) is 1. The van der Waals surface area contributed by atoms with E-state index in [0.29, 0.717) is 5.92 Å². The van der Waals surface area contributed by atoms with Crippen molar-refractivity contribution in [3.05, 3.63) is 34.3 Å². The molecule has 0 amide bonds. The van der Waals surface area contributed by atoms with Crippen LogP contribution in [0.3, 0.4) is 0 Å². The zero-order valence-electron chi connectivity index (χ0n) is 8.82. The van der Waals surface area contributed by atoms with Crippen molar-refractivity contribution in [2.24, 2.45) is 10.9 Å². The van der Waals surface area contributed by atoms with Crippen molar-refractivity contribution in [1.82, 2.24) is 5.32 Å². The van der Waals surface area contributed by atoms with Crippen LogP contribution in [0.4, 0.5) is 0 Å². The molecule has 16 heavy (non-hydrogen) atoms. The molecule has 0 aromatic heterocycles. The average molecular weight is 281 g/mol. The van der Waals surface area contributed by atoms with Crippen LogP contribution in [0.1, 0.15) is 18.0 Å². The molecule has 1 aliphatic rings. The summed E-state index contributed by atoms with van der Waals surface area (Å²) >= 11 is 3.43. The van der Waals surface area contributed by atoms with Gasteiger partial charge in [0.05, 0.1) is 6.04 Å². The molecule has 2 rings (SSSR count). The molecule has 4 heteroatoms. The monoisotopic (exact) mass is 280 g/mol. The van der Waals surface area contributed by atoms with Crippen molar-refractivity contribution in [2.45, 2.75) is 12.5 Å². The first-order chi connectivity index (χ1) is 7.81. The van der Waals surface area contributed by atoms with E-state index in [1.807, 2.05) is 24.3 Å². The van der Waals surface area contributed by atoms with E-state index in [1.165, 1.54) is 0 Å². The summed E-state index contributed by atoms with van der Waals surface area (Å²) in [6, 6.07) is 7.90. The van der Waals surface area contributed by atoms with E-state index in [0.717, 1.165) is 29.5 Å². The predicted octanol–water partition coefficient (Wildman–Crippen LogP) is 2.44. The molecule has 0 radical (unpaired) electrons. The van der Waals surface area contributed by atoms with Crippen LogP contribution < -0.4 is 5.32 Å². The normalized spacial score (nSPS) is 21.4. The van der Waals surface area contributed by atoms with Gasteiger partial charge in [-0.05, 0) is 36.6 Å². The third-order valence-electron chi connectivity index (χ3n) is 2.93. The van der Waals surface area contributed by atoms with E-state index in [1.54, 1.807) is 6.08 Å². The summed E-state index contributed by atoms with van der Waals surface area (Å²) in [5.74, 6) is 0.399. The molecule has 1 aromatic carbocycles. The molecule has 1 aromatic rings. The SMILES string of the molecule is O=C=NC(c1cccc(Br)c1)C1CCNC1. The Morgan fingerprint density at radius 1 is 1.56 bits per heavy atom. The molecular formula is C12H13BrN2O. The van der Waals surface area contributed by atoms with Gasteiger partial charge in [0.25, 0.3) is 0 Å². The van der Waals surface area contributed by atoms with E-state index in [9.17, 15) is 4.79 Å². The first kappa shape index (κ1) is 11.5. The quantitative estimate of drug-likeness (QED) is 0.683. The third kappa shape index (κ3) is 2.59. The summed E-state index contributed by atoms with van der Waals surface area (Å²) in [5.41, 5.74) is 1.08. The lowest BCUT2D eigenvalue weighted by atomic mass is 9.93. The van der Waals surface area contributed by atoms with Gasteiger partial charge in [-0.15, -0.1) is 0 Å². The molecule has 84 valence electrons. The number of hydrogen-bond acceptors (Lipinski definition) is 3. The number of rotatable bonds is 3. The van der Waals surface area contributed by atoms with Gasteiger partial charge in [-0.1, -0.05) is 28.1 Å². The Bertz CT molecular complexity index is 409. The van der Waals surface area contributed by atoms with Gasteiger partial charge in [0.2, 0.25) is 6.08 Å². The Hall–Kier alpha value is -0.960. The fraction of sp³-hybridized carbons (Fsp3) is 0.417. The van der Waals surface area contributed by atoms with Crippen molar-refractivity contribution < 1.29 is 4.79 Å². The van der Waals surface area contributed by atoms with Gasteiger partial charge in [-0.25, -0.2) is 4.79 Å². The smallest absolute Gasteiger partial charge is 0.235 e. The van der Waals surface area contributed by atoms with Crippen molar-refractivity contribution in [1.29, 1.82) is 0 Å². The molecule has 0 spiro atoms. The van der Waals surface area contributed by atoms with E-state index in [2.05, 4.69) is 26.2 Å². The molecule has 0 aliphatic carbocycles. The Morgan fingerprint density at radius 3 is 3.06 bits per heavy atom. The fourth-order valence-electron chi connectivity index (χ4n) is 2.15. The maximum Gasteiger partial charge on any atom is 0.235 e. The van der Waals surface area contributed by atoms with Crippen molar-refractivity contribution in [2.75, 3.05) is 13.1 Å². The molecule has 1 fully saturated rings. The Kier molecular flexibility index (Phi) is 3.88. The standard InChI is InChI=1S/C12H13BrN2O/c13-11-3-1-2-9(6-11)12(15-8-16)10-4-5-14-7-10/h1-3,6,10,12,14H,4-5,7H2. The van der Waals surface area contributed by atoms with Gasteiger partial charge in [-0.2, -0.15) is 4.99 Å². The zero-order chi connectivity index (χ0) is 11.4. The van der Waals surface area contributed by atoms with Crippen LogP contribution in [0.25, 0.3) is 0 Å². The van der Waals surface area contributed by atoms with Crippen LogP contribution in [0.2, 0.25) is 0 Å². The first-order valence-electron chi connectivity index (χ1n) is 5.34. The summed E-state index contributed by atoms with van der Waals surface area (Å²) in [4.78, 5) is 14.5. The van der Waals surface area contributed by atoms with Crippen molar-refractivity contribution in [3.63, 3.8) is 0 Å². The number of halogens is 1. The number of carbonyl (C=O) groups excluding carboxylic acids is 1. The van der Waals surface area contributed by atoms with E-state index in [-0.39, 0.29) is 6.04 Å². The highest BCUT2D eigenvalue weighted by Crippen LogP contribution is 2.31. The van der Waals surface area contributed by atoms with Crippen molar-refractivity contribution >= 4 is 22.0 Å². The van der Waals surface area contributed by atoms with E-state index >= 15 is 0 Å². The van der Waals surface area contributed by atoms with Crippen LogP contribution >= 0.6 is 15.9 Å². The van der Waals surface area contributed by atoms with Crippen LogP contribution in [-0.2, 0) is 4.79 Å². The predicted molar refractivity (Wildman–Crippen MR) is 66.0 cm³/mol. The number of hydrogen-bond donors (Lipinski definition) is 1. The minimum absolute atomic E-state index is 0.0648. The van der Waals surface area contributed by atoms with Gasteiger partial charge in [0.15, 0.2) is 0 Å². The van der Waals surface area contributed by atoms with Gasteiger partial charge < -0.3 is 5.32 Å². The summed E-state index contributed by atoms with van der Waals surface area (Å²) in [6.07, 6.45) is 2.75. The molecule has 1 heterocycles. The summed E-state index contributed by atoms with van der Waals surface area (Å²) in [6.45, 7) is 1.92. The van der Waals surface area contributed by atoms with Gasteiger partial charge in [-0.3, -0.25) is 0 Å². The van der Waals surface area contributed by atoms with Gasteiger partial charge >= 0.3 is 0 Å². The number of aliphatic imine (C=N–C) groups is 1. The number of isocyanates is 1.